The molecular weight excluding hydrogens is 292 g/mol. The van der Waals surface area contributed by atoms with Gasteiger partial charge in [-0.15, -0.1) is 0 Å². The fraction of sp³-hybridized carbons (Fsp3) is 0.538. The number of anilines is 1. The Labute approximate surface area is 125 Å². The van der Waals surface area contributed by atoms with E-state index in [1.165, 1.54) is 17.6 Å². The largest absolute Gasteiger partial charge is 0.383 e. The Hall–Kier alpha value is -1.69. The SMILES string of the molecule is CCNc1cccnc1S(=O)(=O)N(CCC#N)CCOC. The molecule has 21 heavy (non-hydrogen) atoms. The Morgan fingerprint density at radius 3 is 2.86 bits per heavy atom. The van der Waals surface area contributed by atoms with E-state index in [0.29, 0.717) is 12.2 Å². The van der Waals surface area contributed by atoms with Gasteiger partial charge in [0.15, 0.2) is 5.03 Å². The van der Waals surface area contributed by atoms with Crippen LogP contribution in [0, 0.1) is 11.3 Å². The van der Waals surface area contributed by atoms with E-state index in [-0.39, 0.29) is 31.1 Å². The first kappa shape index (κ1) is 17.4. The molecule has 7 nitrogen and oxygen atoms in total. The fourth-order valence-electron chi connectivity index (χ4n) is 1.76. The molecule has 116 valence electrons. The van der Waals surface area contributed by atoms with E-state index in [1.807, 2.05) is 13.0 Å². The summed E-state index contributed by atoms with van der Waals surface area (Å²) < 4.78 is 31.6. The summed E-state index contributed by atoms with van der Waals surface area (Å²) in [5.74, 6) is 0. The summed E-state index contributed by atoms with van der Waals surface area (Å²) in [6, 6.07) is 5.30. The second-order valence-electron chi connectivity index (χ2n) is 4.19. The Morgan fingerprint density at radius 2 is 2.24 bits per heavy atom. The average molecular weight is 312 g/mol. The number of ether oxygens (including phenoxy) is 1. The zero-order valence-corrected chi connectivity index (χ0v) is 13.1. The monoisotopic (exact) mass is 312 g/mol. The molecule has 0 radical (unpaired) electrons. The van der Waals surface area contributed by atoms with Crippen LogP contribution in [0.2, 0.25) is 0 Å². The van der Waals surface area contributed by atoms with Crippen molar-refractivity contribution in [2.75, 3.05) is 38.7 Å². The van der Waals surface area contributed by atoms with Crippen molar-refractivity contribution in [2.24, 2.45) is 0 Å². The standard InChI is InChI=1S/C13H20N4O3S/c1-3-15-12-6-4-8-16-13(12)21(18,19)17(9-5-7-14)10-11-20-2/h4,6,8,15H,3,5,9-11H2,1-2H3. The summed E-state index contributed by atoms with van der Waals surface area (Å²) in [6.45, 7) is 3.02. The lowest BCUT2D eigenvalue weighted by atomic mass is 10.4. The topological polar surface area (TPSA) is 95.3 Å². The van der Waals surface area contributed by atoms with Gasteiger partial charge in [0, 0.05) is 39.4 Å². The number of hydrogen-bond acceptors (Lipinski definition) is 6. The number of rotatable bonds is 9. The van der Waals surface area contributed by atoms with Crippen LogP contribution in [0.3, 0.4) is 0 Å². The first-order chi connectivity index (χ1) is 10.1. The number of sulfonamides is 1. The molecular formula is C13H20N4O3S. The molecule has 0 atom stereocenters. The number of pyridine rings is 1. The van der Waals surface area contributed by atoms with Crippen LogP contribution in [-0.4, -0.2) is 51.1 Å². The van der Waals surface area contributed by atoms with Crippen LogP contribution in [0.25, 0.3) is 0 Å². The van der Waals surface area contributed by atoms with Crippen molar-refractivity contribution in [2.45, 2.75) is 18.4 Å². The van der Waals surface area contributed by atoms with Crippen LogP contribution < -0.4 is 5.32 Å². The van der Waals surface area contributed by atoms with Crippen molar-refractivity contribution < 1.29 is 13.2 Å². The summed E-state index contributed by atoms with van der Waals surface area (Å²) in [4.78, 5) is 3.99. The minimum Gasteiger partial charge on any atom is -0.383 e. The first-order valence-corrected chi connectivity index (χ1v) is 8.06. The summed E-state index contributed by atoms with van der Waals surface area (Å²) in [7, 11) is -2.27. The minimum absolute atomic E-state index is 0.0270. The minimum atomic E-state index is -3.77. The zero-order valence-electron chi connectivity index (χ0n) is 12.2. The number of hydrogen-bond donors (Lipinski definition) is 1. The van der Waals surface area contributed by atoms with Crippen molar-refractivity contribution >= 4 is 15.7 Å². The molecule has 1 aromatic rings. The highest BCUT2D eigenvalue weighted by atomic mass is 32.2. The molecule has 0 amide bonds. The molecule has 0 aliphatic rings. The molecule has 1 N–H and O–H groups in total. The van der Waals surface area contributed by atoms with Gasteiger partial charge in [-0.1, -0.05) is 0 Å². The second-order valence-corrected chi connectivity index (χ2v) is 6.04. The number of methoxy groups -OCH3 is 1. The van der Waals surface area contributed by atoms with Gasteiger partial charge in [-0.25, -0.2) is 13.4 Å². The molecule has 0 bridgehead atoms. The third kappa shape index (κ3) is 4.67. The van der Waals surface area contributed by atoms with Crippen molar-refractivity contribution in [1.82, 2.24) is 9.29 Å². The molecule has 0 unspecified atom stereocenters. The molecule has 1 aromatic heterocycles. The zero-order chi connectivity index (χ0) is 15.7. The van der Waals surface area contributed by atoms with Gasteiger partial charge >= 0.3 is 0 Å². The van der Waals surface area contributed by atoms with Crippen molar-refractivity contribution in [3.63, 3.8) is 0 Å². The van der Waals surface area contributed by atoms with Crippen LogP contribution in [0.4, 0.5) is 5.69 Å². The van der Waals surface area contributed by atoms with Crippen LogP contribution in [0.15, 0.2) is 23.4 Å². The Kier molecular flexibility index (Phi) is 7.08. The number of nitrogens with zero attached hydrogens (tertiary/aromatic N) is 3. The first-order valence-electron chi connectivity index (χ1n) is 6.62. The number of nitrogens with one attached hydrogen (secondary N) is 1. The van der Waals surface area contributed by atoms with Crippen LogP contribution >= 0.6 is 0 Å². The highest BCUT2D eigenvalue weighted by Gasteiger charge is 2.27. The van der Waals surface area contributed by atoms with Gasteiger partial charge in [-0.2, -0.15) is 9.57 Å². The Bertz CT molecular complexity index is 583. The van der Waals surface area contributed by atoms with Gasteiger partial charge < -0.3 is 10.1 Å². The Morgan fingerprint density at radius 1 is 1.48 bits per heavy atom. The predicted octanol–water partition coefficient (Wildman–Crippen LogP) is 1.06. The maximum absolute atomic E-state index is 12.7. The van der Waals surface area contributed by atoms with Gasteiger partial charge in [-0.3, -0.25) is 0 Å². The number of nitriles is 1. The molecule has 0 aliphatic carbocycles. The quantitative estimate of drug-likeness (QED) is 0.732. The maximum atomic E-state index is 12.7. The molecule has 0 aliphatic heterocycles. The summed E-state index contributed by atoms with van der Waals surface area (Å²) in [6.07, 6.45) is 1.55. The average Bonchev–Trinajstić information content (AvgIpc) is 2.48. The fourth-order valence-corrected chi connectivity index (χ4v) is 3.27. The van der Waals surface area contributed by atoms with Crippen LogP contribution in [0.1, 0.15) is 13.3 Å². The van der Waals surface area contributed by atoms with E-state index in [9.17, 15) is 8.42 Å². The highest BCUT2D eigenvalue weighted by molar-refractivity contribution is 7.89. The highest BCUT2D eigenvalue weighted by Crippen LogP contribution is 2.22. The summed E-state index contributed by atoms with van der Waals surface area (Å²) >= 11 is 0. The maximum Gasteiger partial charge on any atom is 0.262 e. The van der Waals surface area contributed by atoms with Gasteiger partial charge in [0.05, 0.1) is 18.4 Å². The Balaban J connectivity index is 3.12. The second kappa shape index (κ2) is 8.56. The lowest BCUT2D eigenvalue weighted by Gasteiger charge is -2.21. The third-order valence-corrected chi connectivity index (χ3v) is 4.60. The molecule has 0 aromatic carbocycles. The van der Waals surface area contributed by atoms with Gasteiger partial charge in [0.25, 0.3) is 10.0 Å². The lowest BCUT2D eigenvalue weighted by Crippen LogP contribution is -2.35. The van der Waals surface area contributed by atoms with Gasteiger partial charge in [0.2, 0.25) is 0 Å². The normalized spacial score (nSPS) is 11.3. The van der Waals surface area contributed by atoms with E-state index in [2.05, 4.69) is 10.3 Å². The van der Waals surface area contributed by atoms with E-state index in [0.717, 1.165) is 0 Å². The third-order valence-electron chi connectivity index (χ3n) is 2.74. The molecule has 0 saturated heterocycles. The summed E-state index contributed by atoms with van der Waals surface area (Å²) in [5.41, 5.74) is 0.458. The number of aromatic nitrogens is 1. The van der Waals surface area contributed by atoms with Crippen molar-refractivity contribution in [3.05, 3.63) is 18.3 Å². The van der Waals surface area contributed by atoms with Crippen molar-refractivity contribution in [3.8, 4) is 6.07 Å². The van der Waals surface area contributed by atoms with Crippen LogP contribution in [-0.2, 0) is 14.8 Å². The van der Waals surface area contributed by atoms with E-state index in [1.54, 1.807) is 12.1 Å². The molecule has 1 heterocycles. The van der Waals surface area contributed by atoms with Gasteiger partial charge in [-0.05, 0) is 19.1 Å². The molecule has 0 fully saturated rings. The molecule has 0 saturated carbocycles. The molecule has 0 spiro atoms. The molecule has 1 rings (SSSR count). The summed E-state index contributed by atoms with van der Waals surface area (Å²) in [5, 5.41) is 11.6. The predicted molar refractivity (Wildman–Crippen MR) is 79.3 cm³/mol. The van der Waals surface area contributed by atoms with Crippen molar-refractivity contribution in [1.29, 1.82) is 5.26 Å². The van der Waals surface area contributed by atoms with E-state index >= 15 is 0 Å². The lowest BCUT2D eigenvalue weighted by molar-refractivity contribution is 0.179. The smallest absolute Gasteiger partial charge is 0.262 e. The van der Waals surface area contributed by atoms with E-state index in [4.69, 9.17) is 10.00 Å². The molecule has 8 heteroatoms. The van der Waals surface area contributed by atoms with Gasteiger partial charge in [0.1, 0.15) is 0 Å². The van der Waals surface area contributed by atoms with E-state index < -0.39 is 10.0 Å². The van der Waals surface area contributed by atoms with Crippen LogP contribution in [0.5, 0.6) is 0 Å².